The summed E-state index contributed by atoms with van der Waals surface area (Å²) in [7, 11) is 0. The molecule has 1 amide bonds. The molecule has 2 atom stereocenters. The third kappa shape index (κ3) is 4.80. The molecule has 0 heterocycles. The van der Waals surface area contributed by atoms with E-state index in [1.807, 2.05) is 52.0 Å². The minimum atomic E-state index is -0.520. The van der Waals surface area contributed by atoms with Crippen LogP contribution < -0.4 is 5.32 Å². The van der Waals surface area contributed by atoms with E-state index in [0.29, 0.717) is 11.4 Å². The van der Waals surface area contributed by atoms with Crippen molar-refractivity contribution < 1.29 is 9.90 Å². The van der Waals surface area contributed by atoms with Crippen LogP contribution in [0, 0.1) is 11.3 Å². The first-order chi connectivity index (χ1) is 9.26. The number of hydrogen-bond donors (Lipinski definition) is 2. The van der Waals surface area contributed by atoms with Gasteiger partial charge in [0.05, 0.1) is 0 Å². The van der Waals surface area contributed by atoms with E-state index in [2.05, 4.69) is 5.32 Å². The van der Waals surface area contributed by atoms with Gasteiger partial charge < -0.3 is 10.4 Å². The number of aliphatic hydroxyl groups excluding tert-OH is 1. The second kappa shape index (κ2) is 7.09. The molecule has 112 valence electrons. The van der Waals surface area contributed by atoms with Gasteiger partial charge in [-0.2, -0.15) is 0 Å². The van der Waals surface area contributed by atoms with E-state index in [1.54, 1.807) is 0 Å². The number of rotatable bonds is 6. The molecule has 0 spiro atoms. The third-order valence-corrected chi connectivity index (χ3v) is 3.89. The lowest BCUT2D eigenvalue weighted by Gasteiger charge is -2.28. The molecule has 1 rings (SSSR count). The predicted molar refractivity (Wildman–Crippen MR) is 82.8 cm³/mol. The van der Waals surface area contributed by atoms with E-state index in [4.69, 9.17) is 16.7 Å². The predicted octanol–water partition coefficient (Wildman–Crippen LogP) is 3.04. The lowest BCUT2D eigenvalue weighted by atomic mass is 9.84. The van der Waals surface area contributed by atoms with Gasteiger partial charge in [-0.15, -0.1) is 0 Å². The average Bonchev–Trinajstić information content (AvgIpc) is 2.37. The second-order valence-electron chi connectivity index (χ2n) is 6.11. The highest BCUT2D eigenvalue weighted by atomic mass is 35.5. The molecule has 0 aliphatic rings. The van der Waals surface area contributed by atoms with Gasteiger partial charge in [0.1, 0.15) is 0 Å². The van der Waals surface area contributed by atoms with Crippen LogP contribution in [-0.4, -0.2) is 23.7 Å². The maximum Gasteiger partial charge on any atom is 0.226 e. The van der Waals surface area contributed by atoms with Gasteiger partial charge in [0.25, 0.3) is 0 Å². The maximum atomic E-state index is 12.4. The SMILES string of the molecule is CC(CO)C(C)NC(=O)C(C)(C)Cc1cccc(Cl)c1. The van der Waals surface area contributed by atoms with Gasteiger partial charge in [0.15, 0.2) is 0 Å². The number of carbonyl (C=O) groups is 1. The normalized spacial score (nSPS) is 14.7. The van der Waals surface area contributed by atoms with E-state index in [0.717, 1.165) is 5.56 Å². The molecule has 1 aromatic rings. The molecule has 20 heavy (non-hydrogen) atoms. The molecule has 0 aliphatic carbocycles. The number of carbonyl (C=O) groups excluding carboxylic acids is 1. The monoisotopic (exact) mass is 297 g/mol. The summed E-state index contributed by atoms with van der Waals surface area (Å²) in [6.45, 7) is 7.72. The molecule has 0 radical (unpaired) electrons. The van der Waals surface area contributed by atoms with Gasteiger partial charge in [-0.1, -0.05) is 44.5 Å². The average molecular weight is 298 g/mol. The first kappa shape index (κ1) is 17.0. The van der Waals surface area contributed by atoms with Gasteiger partial charge in [0, 0.05) is 23.1 Å². The third-order valence-electron chi connectivity index (χ3n) is 3.65. The lowest BCUT2D eigenvalue weighted by molar-refractivity contribution is -0.130. The Balaban J connectivity index is 2.70. The summed E-state index contributed by atoms with van der Waals surface area (Å²) in [5, 5.41) is 12.8. The minimum absolute atomic E-state index is 0.00900. The zero-order chi connectivity index (χ0) is 15.3. The Morgan fingerprint density at radius 2 is 2.05 bits per heavy atom. The molecule has 0 aromatic heterocycles. The fourth-order valence-electron chi connectivity index (χ4n) is 1.94. The summed E-state index contributed by atoms with van der Waals surface area (Å²) < 4.78 is 0. The van der Waals surface area contributed by atoms with Gasteiger partial charge in [-0.25, -0.2) is 0 Å². The first-order valence-corrected chi connectivity index (χ1v) is 7.30. The molecule has 0 saturated heterocycles. The van der Waals surface area contributed by atoms with E-state index in [1.165, 1.54) is 0 Å². The van der Waals surface area contributed by atoms with Crippen molar-refractivity contribution in [3.05, 3.63) is 34.9 Å². The van der Waals surface area contributed by atoms with Crippen molar-refractivity contribution >= 4 is 17.5 Å². The fourth-order valence-corrected chi connectivity index (χ4v) is 2.15. The minimum Gasteiger partial charge on any atom is -0.396 e. The molecule has 0 bridgehead atoms. The summed E-state index contributed by atoms with van der Waals surface area (Å²) in [5.41, 5.74) is 0.522. The van der Waals surface area contributed by atoms with Gasteiger partial charge in [-0.3, -0.25) is 4.79 Å². The van der Waals surface area contributed by atoms with E-state index < -0.39 is 5.41 Å². The number of hydrogen-bond acceptors (Lipinski definition) is 2. The van der Waals surface area contributed by atoms with Gasteiger partial charge >= 0.3 is 0 Å². The second-order valence-corrected chi connectivity index (χ2v) is 6.55. The summed E-state index contributed by atoms with van der Waals surface area (Å²) in [6.07, 6.45) is 0.625. The quantitative estimate of drug-likeness (QED) is 0.848. The van der Waals surface area contributed by atoms with Gasteiger partial charge in [0.2, 0.25) is 5.91 Å². The van der Waals surface area contributed by atoms with Crippen LogP contribution in [0.25, 0.3) is 0 Å². The Morgan fingerprint density at radius 1 is 1.40 bits per heavy atom. The topological polar surface area (TPSA) is 49.3 Å². The van der Waals surface area contributed by atoms with Crippen LogP contribution in [0.15, 0.2) is 24.3 Å². The smallest absolute Gasteiger partial charge is 0.226 e. The molecule has 2 unspecified atom stereocenters. The summed E-state index contributed by atoms with van der Waals surface area (Å²) in [4.78, 5) is 12.4. The number of benzene rings is 1. The van der Waals surface area contributed by atoms with E-state index in [9.17, 15) is 4.79 Å². The van der Waals surface area contributed by atoms with Crippen LogP contribution in [0.2, 0.25) is 5.02 Å². The maximum absolute atomic E-state index is 12.4. The van der Waals surface area contributed by atoms with E-state index >= 15 is 0 Å². The number of amides is 1. The van der Waals surface area contributed by atoms with Crippen LogP contribution in [0.3, 0.4) is 0 Å². The standard InChI is InChI=1S/C16H24ClNO2/c1-11(10-19)12(2)18-15(20)16(3,4)9-13-6-5-7-14(17)8-13/h5-8,11-12,19H,9-10H2,1-4H3,(H,18,20). The fraction of sp³-hybridized carbons (Fsp3) is 0.562. The lowest BCUT2D eigenvalue weighted by Crippen LogP contribution is -2.45. The van der Waals surface area contributed by atoms with Crippen molar-refractivity contribution in [2.75, 3.05) is 6.61 Å². The summed E-state index contributed by atoms with van der Waals surface area (Å²) in [6, 6.07) is 7.52. The van der Waals surface area contributed by atoms with Crippen molar-refractivity contribution in [3.63, 3.8) is 0 Å². The Bertz CT molecular complexity index is 460. The van der Waals surface area contributed by atoms with Crippen LogP contribution in [-0.2, 0) is 11.2 Å². The highest BCUT2D eigenvalue weighted by molar-refractivity contribution is 6.30. The zero-order valence-electron chi connectivity index (χ0n) is 12.6. The largest absolute Gasteiger partial charge is 0.396 e. The number of aliphatic hydroxyl groups is 1. The number of nitrogens with one attached hydrogen (secondary N) is 1. The van der Waals surface area contributed by atoms with Crippen molar-refractivity contribution in [3.8, 4) is 0 Å². The summed E-state index contributed by atoms with van der Waals surface area (Å²) in [5.74, 6) is 0.0335. The molecule has 4 heteroatoms. The van der Waals surface area contributed by atoms with Crippen molar-refractivity contribution in [2.24, 2.45) is 11.3 Å². The summed E-state index contributed by atoms with van der Waals surface area (Å²) >= 11 is 5.97. The molecule has 0 aliphatic heterocycles. The molecular weight excluding hydrogens is 274 g/mol. The first-order valence-electron chi connectivity index (χ1n) is 6.92. The Kier molecular flexibility index (Phi) is 6.03. The van der Waals surface area contributed by atoms with Crippen LogP contribution >= 0.6 is 11.6 Å². The van der Waals surface area contributed by atoms with Gasteiger partial charge in [-0.05, 0) is 37.0 Å². The Labute approximate surface area is 126 Å². The van der Waals surface area contributed by atoms with Crippen LogP contribution in [0.1, 0.15) is 33.3 Å². The molecule has 2 N–H and O–H groups in total. The van der Waals surface area contributed by atoms with Crippen molar-refractivity contribution in [2.45, 2.75) is 40.2 Å². The molecular formula is C16H24ClNO2. The zero-order valence-corrected chi connectivity index (χ0v) is 13.4. The van der Waals surface area contributed by atoms with Crippen LogP contribution in [0.4, 0.5) is 0 Å². The molecule has 0 fully saturated rings. The molecule has 1 aromatic carbocycles. The highest BCUT2D eigenvalue weighted by Crippen LogP contribution is 2.24. The molecule has 0 saturated carbocycles. The van der Waals surface area contributed by atoms with Crippen LogP contribution in [0.5, 0.6) is 0 Å². The van der Waals surface area contributed by atoms with E-state index in [-0.39, 0.29) is 24.5 Å². The molecule has 3 nitrogen and oxygen atoms in total. The van der Waals surface area contributed by atoms with Crippen molar-refractivity contribution in [1.82, 2.24) is 5.32 Å². The Hall–Kier alpha value is -1.06. The highest BCUT2D eigenvalue weighted by Gasteiger charge is 2.29. The number of halogens is 1. The Morgan fingerprint density at radius 3 is 2.60 bits per heavy atom. The van der Waals surface area contributed by atoms with Crippen molar-refractivity contribution in [1.29, 1.82) is 0 Å².